The molecule has 6 rings (SSSR count). The SMILES string of the molecule is COC(=O)C[C@@H]1COc2cc(OCc3cccc(-c4c(C)cc(OCc5ccnc(OC)c5)c5c4CC5)c3)ccc21. The van der Waals surface area contributed by atoms with Crippen LogP contribution in [0.4, 0.5) is 0 Å². The summed E-state index contributed by atoms with van der Waals surface area (Å²) >= 11 is 0. The molecule has 7 heteroatoms. The highest BCUT2D eigenvalue weighted by Gasteiger charge is 2.27. The van der Waals surface area contributed by atoms with Crippen molar-refractivity contribution in [2.45, 2.75) is 45.3 Å². The van der Waals surface area contributed by atoms with Crippen LogP contribution >= 0.6 is 0 Å². The molecule has 2 heterocycles. The highest BCUT2D eigenvalue weighted by Crippen LogP contribution is 2.43. The van der Waals surface area contributed by atoms with Gasteiger partial charge in [-0.1, -0.05) is 24.3 Å². The molecule has 3 aromatic carbocycles. The first-order valence-corrected chi connectivity index (χ1v) is 13.8. The van der Waals surface area contributed by atoms with Crippen LogP contribution in [0.3, 0.4) is 0 Å². The van der Waals surface area contributed by atoms with E-state index in [-0.39, 0.29) is 11.9 Å². The standard InChI is InChI=1S/C34H33NO6/c1-21-13-30(40-19-23-11-12-35-32(15-23)37-2)28-9-10-29(28)34(21)24-6-4-5-22(14-24)18-39-26-7-8-27-25(16-33(36)38-3)20-41-31(27)17-26/h4-8,11-15,17,25H,9-10,16,18-20H2,1-3H3/t25-/m1/s1. The van der Waals surface area contributed by atoms with Gasteiger partial charge in [-0.15, -0.1) is 0 Å². The predicted molar refractivity (Wildman–Crippen MR) is 155 cm³/mol. The largest absolute Gasteiger partial charge is 0.492 e. The van der Waals surface area contributed by atoms with Gasteiger partial charge in [0.25, 0.3) is 0 Å². The summed E-state index contributed by atoms with van der Waals surface area (Å²) in [5.41, 5.74) is 9.45. The maximum atomic E-state index is 11.7. The molecule has 0 bridgehead atoms. The molecule has 1 aliphatic heterocycles. The number of methoxy groups -OCH3 is 2. The minimum Gasteiger partial charge on any atom is -0.492 e. The van der Waals surface area contributed by atoms with Gasteiger partial charge in [-0.3, -0.25) is 4.79 Å². The third-order valence-electron chi connectivity index (χ3n) is 7.86. The number of hydrogen-bond acceptors (Lipinski definition) is 7. The van der Waals surface area contributed by atoms with E-state index in [1.165, 1.54) is 34.9 Å². The fourth-order valence-electron chi connectivity index (χ4n) is 5.64. The van der Waals surface area contributed by atoms with Gasteiger partial charge in [-0.25, -0.2) is 4.98 Å². The van der Waals surface area contributed by atoms with Crippen molar-refractivity contribution in [2.24, 2.45) is 0 Å². The zero-order chi connectivity index (χ0) is 28.3. The van der Waals surface area contributed by atoms with Crippen LogP contribution in [0.15, 0.2) is 66.9 Å². The van der Waals surface area contributed by atoms with E-state index in [9.17, 15) is 4.79 Å². The van der Waals surface area contributed by atoms with E-state index in [2.05, 4.69) is 42.2 Å². The van der Waals surface area contributed by atoms with Crippen LogP contribution in [0.1, 0.15) is 45.7 Å². The molecule has 0 spiro atoms. The van der Waals surface area contributed by atoms with Gasteiger partial charge in [0.05, 0.1) is 27.2 Å². The second-order valence-electron chi connectivity index (χ2n) is 10.5. The van der Waals surface area contributed by atoms with Crippen molar-refractivity contribution in [3.63, 3.8) is 0 Å². The van der Waals surface area contributed by atoms with Gasteiger partial charge >= 0.3 is 5.97 Å². The number of nitrogens with zero attached hydrogens (tertiary/aromatic N) is 1. The Bertz CT molecular complexity index is 1600. The van der Waals surface area contributed by atoms with Gasteiger partial charge < -0.3 is 23.7 Å². The monoisotopic (exact) mass is 551 g/mol. The van der Waals surface area contributed by atoms with Crippen molar-refractivity contribution in [2.75, 3.05) is 20.8 Å². The van der Waals surface area contributed by atoms with E-state index >= 15 is 0 Å². The number of carbonyl (C=O) groups excluding carboxylic acids is 1. The molecule has 2 aliphatic rings. The maximum absolute atomic E-state index is 11.7. The third-order valence-corrected chi connectivity index (χ3v) is 7.86. The average molecular weight is 552 g/mol. The number of carbonyl (C=O) groups is 1. The van der Waals surface area contributed by atoms with Gasteiger partial charge in [-0.05, 0) is 83.0 Å². The maximum Gasteiger partial charge on any atom is 0.306 e. The van der Waals surface area contributed by atoms with Crippen molar-refractivity contribution >= 4 is 5.97 Å². The first kappa shape index (κ1) is 26.7. The zero-order valence-corrected chi connectivity index (χ0v) is 23.6. The number of esters is 1. The van der Waals surface area contributed by atoms with Crippen molar-refractivity contribution in [1.29, 1.82) is 0 Å². The summed E-state index contributed by atoms with van der Waals surface area (Å²) in [6.07, 6.45) is 4.11. The molecule has 0 N–H and O–H groups in total. The topological polar surface area (TPSA) is 76.1 Å². The molecule has 0 amide bonds. The van der Waals surface area contributed by atoms with E-state index in [0.29, 0.717) is 32.1 Å². The lowest BCUT2D eigenvalue weighted by molar-refractivity contribution is -0.141. The second kappa shape index (κ2) is 11.5. The number of aryl methyl sites for hydroxylation is 1. The minimum atomic E-state index is -0.231. The molecule has 41 heavy (non-hydrogen) atoms. The summed E-state index contributed by atoms with van der Waals surface area (Å²) < 4.78 is 28.3. The van der Waals surface area contributed by atoms with Crippen molar-refractivity contribution in [1.82, 2.24) is 4.98 Å². The van der Waals surface area contributed by atoms with Crippen LogP contribution in [-0.4, -0.2) is 31.8 Å². The molecule has 0 saturated carbocycles. The number of ether oxygens (including phenoxy) is 5. The number of pyridine rings is 1. The Morgan fingerprint density at radius 3 is 2.59 bits per heavy atom. The summed E-state index contributed by atoms with van der Waals surface area (Å²) in [5, 5.41) is 0. The fraction of sp³-hybridized carbons (Fsp3) is 0.294. The molecule has 210 valence electrons. The second-order valence-corrected chi connectivity index (χ2v) is 10.5. The first-order chi connectivity index (χ1) is 20.0. The molecule has 0 fully saturated rings. The molecule has 0 saturated heterocycles. The average Bonchev–Trinajstić information content (AvgIpc) is 3.38. The molecule has 0 radical (unpaired) electrons. The molecule has 1 aromatic heterocycles. The number of aromatic nitrogens is 1. The van der Waals surface area contributed by atoms with Gasteiger partial charge in [-0.2, -0.15) is 0 Å². The molecule has 7 nitrogen and oxygen atoms in total. The number of benzene rings is 3. The summed E-state index contributed by atoms with van der Waals surface area (Å²) in [7, 11) is 3.02. The lowest BCUT2D eigenvalue weighted by Crippen LogP contribution is -2.14. The fourth-order valence-corrected chi connectivity index (χ4v) is 5.64. The normalized spacial score (nSPS) is 14.8. The Morgan fingerprint density at radius 2 is 1.78 bits per heavy atom. The van der Waals surface area contributed by atoms with Crippen molar-refractivity contribution in [3.8, 4) is 34.3 Å². The van der Waals surface area contributed by atoms with Crippen LogP contribution < -0.4 is 18.9 Å². The molecule has 1 aliphatic carbocycles. The number of fused-ring (bicyclic) bond motifs is 2. The van der Waals surface area contributed by atoms with Crippen LogP contribution in [0.5, 0.6) is 23.1 Å². The van der Waals surface area contributed by atoms with Gasteiger partial charge in [0, 0.05) is 29.8 Å². The molecule has 0 unspecified atom stereocenters. The molecular weight excluding hydrogens is 518 g/mol. The van der Waals surface area contributed by atoms with Crippen LogP contribution in [-0.2, 0) is 35.6 Å². The third kappa shape index (κ3) is 5.57. The molecule has 1 atom stereocenters. The van der Waals surface area contributed by atoms with E-state index in [1.807, 2.05) is 30.3 Å². The number of rotatable bonds is 10. The van der Waals surface area contributed by atoms with E-state index in [0.717, 1.165) is 46.8 Å². The summed E-state index contributed by atoms with van der Waals surface area (Å²) in [5.74, 6) is 2.83. The highest BCUT2D eigenvalue weighted by atomic mass is 16.5. The summed E-state index contributed by atoms with van der Waals surface area (Å²) in [4.78, 5) is 15.9. The highest BCUT2D eigenvalue weighted by molar-refractivity contribution is 5.76. The molecule has 4 aromatic rings. The Hall–Kier alpha value is -4.52. The lowest BCUT2D eigenvalue weighted by Gasteiger charge is -2.28. The van der Waals surface area contributed by atoms with Gasteiger partial charge in [0.2, 0.25) is 5.88 Å². The Morgan fingerprint density at radius 1 is 0.951 bits per heavy atom. The van der Waals surface area contributed by atoms with Crippen molar-refractivity contribution < 1.29 is 28.5 Å². The van der Waals surface area contributed by atoms with Crippen LogP contribution in [0, 0.1) is 6.92 Å². The zero-order valence-electron chi connectivity index (χ0n) is 23.6. The summed E-state index contributed by atoms with van der Waals surface area (Å²) in [6.45, 7) is 3.53. The minimum absolute atomic E-state index is 0.0139. The quantitative estimate of drug-likeness (QED) is 0.212. The smallest absolute Gasteiger partial charge is 0.306 e. The Kier molecular flexibility index (Phi) is 7.51. The first-order valence-electron chi connectivity index (χ1n) is 13.8. The summed E-state index contributed by atoms with van der Waals surface area (Å²) in [6, 6.07) is 20.4. The lowest BCUT2D eigenvalue weighted by atomic mass is 9.79. The van der Waals surface area contributed by atoms with Gasteiger partial charge in [0.15, 0.2) is 0 Å². The van der Waals surface area contributed by atoms with Crippen LogP contribution in [0.2, 0.25) is 0 Å². The Balaban J connectivity index is 1.15. The van der Waals surface area contributed by atoms with E-state index < -0.39 is 0 Å². The number of hydrogen-bond donors (Lipinski definition) is 0. The van der Waals surface area contributed by atoms with E-state index in [1.54, 1.807) is 13.3 Å². The molecular formula is C34H33NO6. The van der Waals surface area contributed by atoms with Crippen molar-refractivity contribution in [3.05, 3.63) is 100 Å². The van der Waals surface area contributed by atoms with Crippen LogP contribution in [0.25, 0.3) is 11.1 Å². The Labute approximate surface area is 240 Å². The van der Waals surface area contributed by atoms with E-state index in [4.69, 9.17) is 23.7 Å². The van der Waals surface area contributed by atoms with Gasteiger partial charge in [0.1, 0.15) is 30.5 Å². The predicted octanol–water partition coefficient (Wildman–Crippen LogP) is 6.36.